The fourth-order valence-electron chi connectivity index (χ4n) is 0.680. The van der Waals surface area contributed by atoms with Crippen LogP contribution in [0, 0.1) is 6.07 Å². The number of hydrogen-bond acceptors (Lipinski definition) is 2. The molecule has 11 heavy (non-hydrogen) atoms. The van der Waals surface area contributed by atoms with Crippen LogP contribution < -0.4 is 0 Å². The Kier molecular flexibility index (Phi) is 2.20. The highest BCUT2D eigenvalue weighted by molar-refractivity contribution is 7.90. The normalized spacial score (nSPS) is 11.5. The molecule has 0 saturated heterocycles. The first kappa shape index (κ1) is 8.56. The first-order valence-corrected chi connectivity index (χ1v) is 5.14. The maximum absolute atomic E-state index is 10.9. The highest BCUT2D eigenvalue weighted by atomic mass is 35.5. The summed E-state index contributed by atoms with van der Waals surface area (Å²) in [5, 5.41) is 0.242. The Hall–Kier alpha value is -0.540. The lowest BCUT2D eigenvalue weighted by Gasteiger charge is -1.98. The molecule has 0 unspecified atom stereocenters. The van der Waals surface area contributed by atoms with Crippen LogP contribution in [0.25, 0.3) is 0 Å². The van der Waals surface area contributed by atoms with Crippen LogP contribution in [0.15, 0.2) is 23.1 Å². The van der Waals surface area contributed by atoms with Crippen molar-refractivity contribution in [3.05, 3.63) is 29.3 Å². The molecule has 0 spiro atoms. The molecule has 0 amide bonds. The lowest BCUT2D eigenvalue weighted by atomic mass is 10.4. The van der Waals surface area contributed by atoms with E-state index in [9.17, 15) is 8.42 Å². The lowest BCUT2D eigenvalue weighted by molar-refractivity contribution is 0.602. The average Bonchev–Trinajstić information content (AvgIpc) is 1.86. The third-order valence-electron chi connectivity index (χ3n) is 1.18. The van der Waals surface area contributed by atoms with Crippen LogP contribution >= 0.6 is 11.6 Å². The maximum Gasteiger partial charge on any atom is 0.177 e. The Bertz CT molecular complexity index is 356. The fraction of sp³-hybridized carbons (Fsp3) is 0.143. The van der Waals surface area contributed by atoms with Gasteiger partial charge in [0.15, 0.2) is 9.84 Å². The van der Waals surface area contributed by atoms with E-state index in [-0.39, 0.29) is 9.92 Å². The summed E-state index contributed by atoms with van der Waals surface area (Å²) in [6.45, 7) is 0. The monoisotopic (exact) mass is 189 g/mol. The minimum absolute atomic E-state index is 0.127. The molecule has 0 aliphatic rings. The molecule has 1 aromatic carbocycles. The molecular weight excluding hydrogens is 184 g/mol. The number of sulfone groups is 1. The zero-order chi connectivity index (χ0) is 8.48. The molecule has 1 rings (SSSR count). The summed E-state index contributed by atoms with van der Waals surface area (Å²) in [5.41, 5.74) is 0. The number of halogens is 1. The second-order valence-corrected chi connectivity index (χ2v) is 4.52. The van der Waals surface area contributed by atoms with Gasteiger partial charge in [0.1, 0.15) is 0 Å². The van der Waals surface area contributed by atoms with Crippen molar-refractivity contribution in [3.8, 4) is 0 Å². The SMILES string of the molecule is CS(=O)(=O)c1c[c]ccc1Cl. The van der Waals surface area contributed by atoms with Gasteiger partial charge < -0.3 is 0 Å². The summed E-state index contributed by atoms with van der Waals surface area (Å²) in [6.07, 6.45) is 1.11. The van der Waals surface area contributed by atoms with Crippen LogP contribution in [0.5, 0.6) is 0 Å². The van der Waals surface area contributed by atoms with Gasteiger partial charge in [-0.15, -0.1) is 0 Å². The molecule has 0 fully saturated rings. The van der Waals surface area contributed by atoms with E-state index in [1.807, 2.05) is 0 Å². The second kappa shape index (κ2) is 2.83. The van der Waals surface area contributed by atoms with E-state index in [4.69, 9.17) is 11.6 Å². The summed E-state index contributed by atoms with van der Waals surface area (Å²) in [6, 6.07) is 7.07. The van der Waals surface area contributed by atoms with Gasteiger partial charge in [-0.25, -0.2) is 8.42 Å². The molecule has 59 valence electrons. The second-order valence-electron chi connectivity index (χ2n) is 2.13. The van der Waals surface area contributed by atoms with Crippen molar-refractivity contribution < 1.29 is 8.42 Å². The predicted octanol–water partition coefficient (Wildman–Crippen LogP) is 1.54. The molecule has 1 radical (unpaired) electrons. The fourth-order valence-corrected chi connectivity index (χ4v) is 1.92. The van der Waals surface area contributed by atoms with Crippen molar-refractivity contribution in [1.29, 1.82) is 0 Å². The quantitative estimate of drug-likeness (QED) is 0.672. The summed E-state index contributed by atoms with van der Waals surface area (Å²) in [5.74, 6) is 0. The number of rotatable bonds is 1. The summed E-state index contributed by atoms with van der Waals surface area (Å²) in [7, 11) is -3.20. The minimum Gasteiger partial charge on any atom is -0.224 e. The van der Waals surface area contributed by atoms with E-state index in [0.717, 1.165) is 6.26 Å². The molecule has 1 aromatic rings. The highest BCUT2D eigenvalue weighted by Gasteiger charge is 2.09. The Morgan fingerprint density at radius 2 is 2.18 bits per heavy atom. The molecule has 0 aliphatic carbocycles. The molecule has 2 nitrogen and oxygen atoms in total. The van der Waals surface area contributed by atoms with E-state index < -0.39 is 9.84 Å². The van der Waals surface area contributed by atoms with E-state index in [1.165, 1.54) is 12.1 Å². The van der Waals surface area contributed by atoms with Crippen molar-refractivity contribution in [2.45, 2.75) is 4.90 Å². The summed E-state index contributed by atoms with van der Waals surface area (Å²) >= 11 is 5.61. The van der Waals surface area contributed by atoms with E-state index in [0.29, 0.717) is 0 Å². The van der Waals surface area contributed by atoms with E-state index >= 15 is 0 Å². The van der Waals surface area contributed by atoms with Crippen LogP contribution in [-0.4, -0.2) is 14.7 Å². The molecule has 4 heteroatoms. The van der Waals surface area contributed by atoms with Crippen molar-refractivity contribution in [2.75, 3.05) is 6.26 Å². The molecular formula is C7H6ClO2S. The van der Waals surface area contributed by atoms with Gasteiger partial charge in [-0.2, -0.15) is 0 Å². The molecule has 0 aliphatic heterocycles. The largest absolute Gasteiger partial charge is 0.224 e. The van der Waals surface area contributed by atoms with Crippen molar-refractivity contribution in [1.82, 2.24) is 0 Å². The third kappa shape index (κ3) is 1.94. The van der Waals surface area contributed by atoms with Crippen LogP contribution in [0.2, 0.25) is 5.02 Å². The molecule has 0 heterocycles. The van der Waals surface area contributed by atoms with Gasteiger partial charge in [-0.05, 0) is 18.2 Å². The van der Waals surface area contributed by atoms with Crippen molar-refractivity contribution in [2.24, 2.45) is 0 Å². The molecule has 0 atom stereocenters. The molecule has 0 aromatic heterocycles. The van der Waals surface area contributed by atoms with Crippen LogP contribution in [0.4, 0.5) is 0 Å². The summed E-state index contributed by atoms with van der Waals surface area (Å²) in [4.78, 5) is 0.127. The lowest BCUT2D eigenvalue weighted by Crippen LogP contribution is -1.97. The van der Waals surface area contributed by atoms with Gasteiger partial charge in [0.2, 0.25) is 0 Å². The molecule has 0 bridgehead atoms. The van der Waals surface area contributed by atoms with Crippen molar-refractivity contribution in [3.63, 3.8) is 0 Å². The number of hydrogen-bond donors (Lipinski definition) is 0. The summed E-state index contributed by atoms with van der Waals surface area (Å²) < 4.78 is 21.9. The van der Waals surface area contributed by atoms with Crippen LogP contribution in [0.3, 0.4) is 0 Å². The first-order chi connectivity index (χ1) is 5.02. The average molecular weight is 190 g/mol. The smallest absolute Gasteiger partial charge is 0.177 e. The Morgan fingerprint density at radius 3 is 2.55 bits per heavy atom. The van der Waals surface area contributed by atoms with Crippen molar-refractivity contribution >= 4 is 21.4 Å². The maximum atomic E-state index is 10.9. The Morgan fingerprint density at radius 1 is 1.55 bits per heavy atom. The third-order valence-corrected chi connectivity index (χ3v) is 2.75. The Balaban J connectivity index is 3.37. The minimum atomic E-state index is -3.20. The van der Waals surface area contributed by atoms with Gasteiger partial charge >= 0.3 is 0 Å². The van der Waals surface area contributed by atoms with Gasteiger partial charge in [0, 0.05) is 6.26 Å². The zero-order valence-electron chi connectivity index (χ0n) is 5.83. The van der Waals surface area contributed by atoms with E-state index in [2.05, 4.69) is 6.07 Å². The highest BCUT2D eigenvalue weighted by Crippen LogP contribution is 2.19. The van der Waals surface area contributed by atoms with Gasteiger partial charge in [0.05, 0.1) is 9.92 Å². The molecule has 0 N–H and O–H groups in total. The standard InChI is InChI=1S/C7H6ClO2S/c1-11(9,10)7-5-3-2-4-6(7)8/h2,4-5H,1H3. The van der Waals surface area contributed by atoms with Gasteiger partial charge in [-0.3, -0.25) is 0 Å². The van der Waals surface area contributed by atoms with Gasteiger partial charge in [0.25, 0.3) is 0 Å². The first-order valence-electron chi connectivity index (χ1n) is 2.87. The predicted molar refractivity (Wildman–Crippen MR) is 43.4 cm³/mol. The van der Waals surface area contributed by atoms with Crippen LogP contribution in [0.1, 0.15) is 0 Å². The Labute approximate surface area is 70.7 Å². The number of benzene rings is 1. The van der Waals surface area contributed by atoms with Gasteiger partial charge in [-0.1, -0.05) is 17.7 Å². The van der Waals surface area contributed by atoms with Crippen LogP contribution in [-0.2, 0) is 9.84 Å². The zero-order valence-corrected chi connectivity index (χ0v) is 7.41. The van der Waals surface area contributed by atoms with E-state index in [1.54, 1.807) is 6.07 Å². The topological polar surface area (TPSA) is 34.1 Å². The molecule has 0 saturated carbocycles.